The lowest BCUT2D eigenvalue weighted by molar-refractivity contribution is -0.136. The highest BCUT2D eigenvalue weighted by Gasteiger charge is 2.15. The van der Waals surface area contributed by atoms with E-state index in [0.717, 1.165) is 31.4 Å². The molecule has 1 aromatic rings. The summed E-state index contributed by atoms with van der Waals surface area (Å²) in [5.41, 5.74) is 1.06. The first-order valence-corrected chi connectivity index (χ1v) is 7.28. The molecule has 0 atom stereocenters. The van der Waals surface area contributed by atoms with Crippen LogP contribution in [-0.4, -0.2) is 18.4 Å². The zero-order valence-corrected chi connectivity index (χ0v) is 12.1. The molecule has 2 rings (SSSR count). The fraction of sp³-hybridized carbons (Fsp3) is 0.375. The third-order valence-corrected chi connectivity index (χ3v) is 3.50. The van der Waals surface area contributed by atoms with E-state index < -0.39 is 23.4 Å². The normalized spacial score (nSPS) is 14.2. The molecule has 6 heteroatoms. The van der Waals surface area contributed by atoms with Gasteiger partial charge in [0, 0.05) is 12.6 Å². The van der Waals surface area contributed by atoms with Crippen molar-refractivity contribution in [1.29, 1.82) is 0 Å². The number of halogens is 2. The Kier molecular flexibility index (Phi) is 5.63. The van der Waals surface area contributed by atoms with Crippen LogP contribution in [0.1, 0.15) is 32.1 Å². The fourth-order valence-corrected chi connectivity index (χ4v) is 2.32. The minimum atomic E-state index is -0.969. The number of benzene rings is 1. The molecule has 0 spiro atoms. The Morgan fingerprint density at radius 2 is 1.95 bits per heavy atom. The molecule has 2 amide bonds. The van der Waals surface area contributed by atoms with E-state index in [0.29, 0.717) is 19.0 Å². The summed E-state index contributed by atoms with van der Waals surface area (Å²) >= 11 is 0. The number of amides is 2. The minimum absolute atomic E-state index is 0.225. The van der Waals surface area contributed by atoms with Crippen molar-refractivity contribution in [2.24, 2.45) is 0 Å². The first kappa shape index (κ1) is 16.1. The molecule has 2 N–H and O–H groups in total. The fourth-order valence-electron chi connectivity index (χ4n) is 2.32. The van der Waals surface area contributed by atoms with E-state index >= 15 is 0 Å². The van der Waals surface area contributed by atoms with Gasteiger partial charge in [-0.3, -0.25) is 9.59 Å². The van der Waals surface area contributed by atoms with Crippen LogP contribution in [0.3, 0.4) is 0 Å². The predicted octanol–water partition coefficient (Wildman–Crippen LogP) is 2.91. The van der Waals surface area contributed by atoms with Gasteiger partial charge in [0.05, 0.1) is 5.69 Å². The Hall–Kier alpha value is -2.24. The van der Waals surface area contributed by atoms with Gasteiger partial charge in [0.25, 0.3) is 0 Å². The van der Waals surface area contributed by atoms with Crippen molar-refractivity contribution in [2.45, 2.75) is 32.1 Å². The molecule has 0 unspecified atom stereocenters. The van der Waals surface area contributed by atoms with Crippen LogP contribution in [0.25, 0.3) is 0 Å². The van der Waals surface area contributed by atoms with Crippen LogP contribution in [0.4, 0.5) is 14.5 Å². The highest BCUT2D eigenvalue weighted by atomic mass is 19.1. The molecule has 22 heavy (non-hydrogen) atoms. The minimum Gasteiger partial charge on any atom is -0.348 e. The first-order valence-electron chi connectivity index (χ1n) is 7.28. The lowest BCUT2D eigenvalue weighted by Gasteiger charge is -2.13. The van der Waals surface area contributed by atoms with Crippen LogP contribution in [-0.2, 0) is 9.59 Å². The van der Waals surface area contributed by atoms with Crippen molar-refractivity contribution < 1.29 is 18.4 Å². The van der Waals surface area contributed by atoms with Gasteiger partial charge in [0.15, 0.2) is 0 Å². The van der Waals surface area contributed by atoms with Crippen molar-refractivity contribution >= 4 is 17.5 Å². The summed E-state index contributed by atoms with van der Waals surface area (Å²) < 4.78 is 26.1. The molecule has 0 heterocycles. The smallest absolute Gasteiger partial charge is 0.313 e. The van der Waals surface area contributed by atoms with Gasteiger partial charge in [0.1, 0.15) is 11.6 Å². The molecular weight excluding hydrogens is 290 g/mol. The Balaban J connectivity index is 1.79. The van der Waals surface area contributed by atoms with Gasteiger partial charge >= 0.3 is 11.8 Å². The third-order valence-electron chi connectivity index (χ3n) is 3.50. The maximum Gasteiger partial charge on any atom is 0.313 e. The van der Waals surface area contributed by atoms with Gasteiger partial charge in [-0.05, 0) is 44.2 Å². The molecule has 0 fully saturated rings. The lowest BCUT2D eigenvalue weighted by atomic mass is 9.97. The molecule has 0 aliphatic heterocycles. The van der Waals surface area contributed by atoms with Crippen molar-refractivity contribution in [1.82, 2.24) is 5.32 Å². The highest BCUT2D eigenvalue weighted by Crippen LogP contribution is 2.19. The summed E-state index contributed by atoms with van der Waals surface area (Å²) in [7, 11) is 0. The molecule has 0 bridgehead atoms. The molecule has 0 saturated carbocycles. The number of allylic oxidation sites excluding steroid dienone is 1. The summed E-state index contributed by atoms with van der Waals surface area (Å²) in [4.78, 5) is 23.3. The summed E-state index contributed by atoms with van der Waals surface area (Å²) in [5.74, 6) is -3.47. The highest BCUT2D eigenvalue weighted by molar-refractivity contribution is 6.39. The molecular formula is C16H18F2N2O2. The number of hydrogen-bond donors (Lipinski definition) is 2. The topological polar surface area (TPSA) is 58.2 Å². The maximum atomic E-state index is 13.4. The monoisotopic (exact) mass is 308 g/mol. The largest absolute Gasteiger partial charge is 0.348 e. The SMILES string of the molecule is O=C(NCCC1=CCCCC1)C(=O)Nc1ccc(F)cc1F. The number of nitrogens with one attached hydrogen (secondary N) is 2. The second kappa shape index (κ2) is 7.68. The lowest BCUT2D eigenvalue weighted by Crippen LogP contribution is -2.36. The van der Waals surface area contributed by atoms with Gasteiger partial charge in [-0.25, -0.2) is 8.78 Å². The second-order valence-electron chi connectivity index (χ2n) is 5.19. The summed E-state index contributed by atoms with van der Waals surface area (Å²) in [6, 6.07) is 2.72. The molecule has 0 aromatic heterocycles. The molecule has 0 radical (unpaired) electrons. The van der Waals surface area contributed by atoms with Crippen molar-refractivity contribution in [3.05, 3.63) is 41.5 Å². The number of hydrogen-bond acceptors (Lipinski definition) is 2. The first-order chi connectivity index (χ1) is 10.6. The molecule has 1 aromatic carbocycles. The number of rotatable bonds is 4. The second-order valence-corrected chi connectivity index (χ2v) is 5.19. The van der Waals surface area contributed by atoms with Crippen molar-refractivity contribution in [3.8, 4) is 0 Å². The summed E-state index contributed by atoms with van der Waals surface area (Å²) in [6.07, 6.45) is 7.33. The average Bonchev–Trinajstić information content (AvgIpc) is 2.51. The average molecular weight is 308 g/mol. The van der Waals surface area contributed by atoms with E-state index in [4.69, 9.17) is 0 Å². The van der Waals surface area contributed by atoms with Crippen LogP contribution >= 0.6 is 0 Å². The Bertz CT molecular complexity index is 600. The van der Waals surface area contributed by atoms with E-state index in [9.17, 15) is 18.4 Å². The third kappa shape index (κ3) is 4.65. The summed E-state index contributed by atoms with van der Waals surface area (Å²) in [5, 5.41) is 4.61. The van der Waals surface area contributed by atoms with Gasteiger partial charge in [0.2, 0.25) is 0 Å². The van der Waals surface area contributed by atoms with Crippen LogP contribution in [0.15, 0.2) is 29.8 Å². The standard InChI is InChI=1S/C16H18F2N2O2/c17-12-6-7-14(13(18)10-12)20-16(22)15(21)19-9-8-11-4-2-1-3-5-11/h4,6-7,10H,1-3,5,8-9H2,(H,19,21)(H,20,22). The van der Waals surface area contributed by atoms with Crippen LogP contribution in [0, 0.1) is 11.6 Å². The number of carbonyl (C=O) groups is 2. The number of carbonyl (C=O) groups excluding carboxylic acids is 2. The Morgan fingerprint density at radius 1 is 1.14 bits per heavy atom. The van der Waals surface area contributed by atoms with Gasteiger partial charge in [-0.1, -0.05) is 11.6 Å². The van der Waals surface area contributed by atoms with Crippen molar-refractivity contribution in [3.63, 3.8) is 0 Å². The molecule has 1 aliphatic carbocycles. The van der Waals surface area contributed by atoms with E-state index in [2.05, 4.69) is 16.7 Å². The van der Waals surface area contributed by atoms with Crippen LogP contribution < -0.4 is 10.6 Å². The van der Waals surface area contributed by atoms with Crippen LogP contribution in [0.2, 0.25) is 0 Å². The van der Waals surface area contributed by atoms with E-state index in [1.54, 1.807) is 0 Å². The predicted molar refractivity (Wildman–Crippen MR) is 79.2 cm³/mol. The van der Waals surface area contributed by atoms with E-state index in [1.165, 1.54) is 12.0 Å². The maximum absolute atomic E-state index is 13.4. The molecule has 0 saturated heterocycles. The van der Waals surface area contributed by atoms with E-state index in [-0.39, 0.29) is 5.69 Å². The molecule has 4 nitrogen and oxygen atoms in total. The Labute approximate surface area is 127 Å². The van der Waals surface area contributed by atoms with Crippen molar-refractivity contribution in [2.75, 3.05) is 11.9 Å². The number of anilines is 1. The van der Waals surface area contributed by atoms with Crippen LogP contribution in [0.5, 0.6) is 0 Å². The van der Waals surface area contributed by atoms with Gasteiger partial charge < -0.3 is 10.6 Å². The zero-order valence-electron chi connectivity index (χ0n) is 12.1. The van der Waals surface area contributed by atoms with Gasteiger partial charge in [-0.15, -0.1) is 0 Å². The Morgan fingerprint density at radius 3 is 2.64 bits per heavy atom. The quantitative estimate of drug-likeness (QED) is 0.664. The zero-order chi connectivity index (χ0) is 15.9. The summed E-state index contributed by atoms with van der Waals surface area (Å²) in [6.45, 7) is 0.365. The van der Waals surface area contributed by atoms with Gasteiger partial charge in [-0.2, -0.15) is 0 Å². The van der Waals surface area contributed by atoms with E-state index in [1.807, 2.05) is 0 Å². The molecule has 1 aliphatic rings. The molecule has 118 valence electrons.